The molecule has 0 bridgehead atoms. The normalized spacial score (nSPS) is 18.5. The predicted octanol–water partition coefficient (Wildman–Crippen LogP) is 5.18. The van der Waals surface area contributed by atoms with Crippen molar-refractivity contribution >= 4 is 35.2 Å². The first kappa shape index (κ1) is 22.0. The minimum absolute atomic E-state index is 0.0268. The maximum Gasteiger partial charge on any atom is 0.416 e. The van der Waals surface area contributed by atoms with Gasteiger partial charge in [-0.2, -0.15) is 13.2 Å². The first-order valence-electron chi connectivity index (χ1n) is 9.88. The van der Waals surface area contributed by atoms with E-state index in [-0.39, 0.29) is 11.5 Å². The highest BCUT2D eigenvalue weighted by Gasteiger charge is 2.47. The van der Waals surface area contributed by atoms with Gasteiger partial charge >= 0.3 is 6.18 Å². The lowest BCUT2D eigenvalue weighted by atomic mass is 9.99. The second kappa shape index (κ2) is 8.39. The lowest BCUT2D eigenvalue weighted by molar-refractivity contribution is -0.137. The van der Waals surface area contributed by atoms with Gasteiger partial charge < -0.3 is 9.80 Å². The van der Waals surface area contributed by atoms with Crippen LogP contribution in [0.5, 0.6) is 0 Å². The van der Waals surface area contributed by atoms with Gasteiger partial charge in [0.05, 0.1) is 10.4 Å². The summed E-state index contributed by atoms with van der Waals surface area (Å²) in [6, 6.07) is 11.3. The lowest BCUT2D eigenvalue weighted by Crippen LogP contribution is -2.53. The molecule has 2 aromatic carbocycles. The van der Waals surface area contributed by atoms with Crippen molar-refractivity contribution < 1.29 is 22.8 Å². The van der Waals surface area contributed by atoms with Crippen LogP contribution in [-0.4, -0.2) is 51.9 Å². The van der Waals surface area contributed by atoms with Crippen molar-refractivity contribution in [2.75, 3.05) is 25.4 Å². The molecule has 2 fully saturated rings. The molecule has 9 heteroatoms. The highest BCUT2D eigenvalue weighted by Crippen LogP contribution is 2.44. The Morgan fingerprint density at radius 2 is 1.61 bits per heavy atom. The van der Waals surface area contributed by atoms with Gasteiger partial charge in [-0.3, -0.25) is 9.59 Å². The Morgan fingerprint density at radius 1 is 0.935 bits per heavy atom. The Bertz CT molecular complexity index is 989. The van der Waals surface area contributed by atoms with E-state index in [1.807, 2.05) is 4.90 Å². The number of halogens is 4. The highest BCUT2D eigenvalue weighted by molar-refractivity contribution is 8.00. The summed E-state index contributed by atoms with van der Waals surface area (Å²) in [6.07, 6.45) is -3.35. The monoisotopic (exact) mass is 468 g/mol. The van der Waals surface area contributed by atoms with Gasteiger partial charge in [-0.05, 0) is 55.3 Å². The van der Waals surface area contributed by atoms with Gasteiger partial charge in [-0.25, -0.2) is 0 Å². The molecule has 164 valence electrons. The van der Waals surface area contributed by atoms with Crippen molar-refractivity contribution in [1.29, 1.82) is 0 Å². The number of hydrogen-bond acceptors (Lipinski definition) is 3. The molecule has 0 unspecified atom stereocenters. The molecule has 4 rings (SSSR count). The number of carbonyl (C=O) groups excluding carboxylic acids is 2. The largest absolute Gasteiger partial charge is 0.416 e. The molecule has 0 atom stereocenters. The van der Waals surface area contributed by atoms with E-state index in [4.69, 9.17) is 11.6 Å². The van der Waals surface area contributed by atoms with Gasteiger partial charge in [-0.15, -0.1) is 11.8 Å². The number of alkyl halides is 3. The molecule has 2 heterocycles. The topological polar surface area (TPSA) is 40.6 Å². The standard InChI is InChI=1S/C22H20ClF3N2O2S/c23-18-6-4-15(5-7-18)20(30)28-12-13-31-21(28)8-10-27(11-9-21)19(29)16-2-1-3-17(14-16)22(24,25)26/h1-7,14H,8-13H2. The summed E-state index contributed by atoms with van der Waals surface area (Å²) < 4.78 is 38.9. The Kier molecular flexibility index (Phi) is 5.96. The zero-order valence-corrected chi connectivity index (χ0v) is 18.1. The summed E-state index contributed by atoms with van der Waals surface area (Å²) in [5.41, 5.74) is -0.245. The van der Waals surface area contributed by atoms with E-state index in [1.54, 1.807) is 40.9 Å². The van der Waals surface area contributed by atoms with Crippen molar-refractivity contribution in [3.8, 4) is 0 Å². The van der Waals surface area contributed by atoms with Crippen molar-refractivity contribution in [1.82, 2.24) is 9.80 Å². The molecule has 0 radical (unpaired) electrons. The first-order chi connectivity index (χ1) is 14.7. The molecular formula is C22H20ClF3N2O2S. The van der Waals surface area contributed by atoms with E-state index in [1.165, 1.54) is 12.1 Å². The third-order valence-corrected chi connectivity index (χ3v) is 7.59. The molecule has 0 N–H and O–H groups in total. The van der Waals surface area contributed by atoms with Crippen molar-refractivity contribution in [2.45, 2.75) is 23.9 Å². The van der Waals surface area contributed by atoms with E-state index >= 15 is 0 Å². The smallest absolute Gasteiger partial charge is 0.338 e. The number of rotatable bonds is 2. The van der Waals surface area contributed by atoms with Crippen LogP contribution in [-0.2, 0) is 6.18 Å². The fourth-order valence-electron chi connectivity index (χ4n) is 4.13. The van der Waals surface area contributed by atoms with Crippen LogP contribution in [0.1, 0.15) is 39.1 Å². The molecule has 2 aliphatic heterocycles. The molecule has 0 saturated carbocycles. The maximum absolute atomic E-state index is 13.1. The summed E-state index contributed by atoms with van der Waals surface area (Å²) in [7, 11) is 0. The SMILES string of the molecule is O=C(c1cccc(C(F)(F)F)c1)N1CCC2(CC1)SCCN2C(=O)c1ccc(Cl)cc1. The molecule has 0 aromatic heterocycles. The molecule has 2 aliphatic rings. The van der Waals surface area contributed by atoms with Gasteiger partial charge in [0.1, 0.15) is 0 Å². The summed E-state index contributed by atoms with van der Waals surface area (Å²) in [4.78, 5) is 28.9. The molecule has 4 nitrogen and oxygen atoms in total. The van der Waals surface area contributed by atoms with Crippen LogP contribution in [0.2, 0.25) is 5.02 Å². The third-order valence-electron chi connectivity index (χ3n) is 5.78. The number of carbonyl (C=O) groups is 2. The number of nitrogens with zero attached hydrogens (tertiary/aromatic N) is 2. The van der Waals surface area contributed by atoms with Gasteiger partial charge in [0.2, 0.25) is 0 Å². The Morgan fingerprint density at radius 3 is 2.26 bits per heavy atom. The van der Waals surface area contributed by atoms with Gasteiger partial charge in [0.25, 0.3) is 11.8 Å². The van der Waals surface area contributed by atoms with Crippen LogP contribution in [0.3, 0.4) is 0 Å². The summed E-state index contributed by atoms with van der Waals surface area (Å²) in [6.45, 7) is 1.38. The zero-order chi connectivity index (χ0) is 22.2. The van der Waals surface area contributed by atoms with E-state index in [2.05, 4.69) is 0 Å². The van der Waals surface area contributed by atoms with E-state index in [0.717, 1.165) is 17.9 Å². The number of thioether (sulfide) groups is 1. The van der Waals surface area contributed by atoms with Crippen LogP contribution >= 0.6 is 23.4 Å². The summed E-state index contributed by atoms with van der Waals surface area (Å²) >= 11 is 7.63. The van der Waals surface area contributed by atoms with Gasteiger partial charge in [-0.1, -0.05) is 17.7 Å². The quantitative estimate of drug-likeness (QED) is 0.609. The Hall–Kier alpha value is -2.19. The second-order valence-corrected chi connectivity index (χ2v) is 9.52. The van der Waals surface area contributed by atoms with Crippen LogP contribution in [0.25, 0.3) is 0 Å². The summed E-state index contributed by atoms with van der Waals surface area (Å²) in [5.74, 6) is 0.319. The number of amides is 2. The lowest BCUT2D eigenvalue weighted by Gasteiger charge is -2.44. The average Bonchev–Trinajstić information content (AvgIpc) is 3.16. The fraction of sp³-hybridized carbons (Fsp3) is 0.364. The zero-order valence-electron chi connectivity index (χ0n) is 16.5. The van der Waals surface area contributed by atoms with Crippen molar-refractivity contribution in [2.24, 2.45) is 0 Å². The first-order valence-corrected chi connectivity index (χ1v) is 11.2. The molecule has 2 aromatic rings. The predicted molar refractivity (Wildman–Crippen MR) is 114 cm³/mol. The van der Waals surface area contributed by atoms with E-state index in [9.17, 15) is 22.8 Å². The van der Waals surface area contributed by atoms with Crippen molar-refractivity contribution in [3.05, 3.63) is 70.2 Å². The Labute approximate surface area is 187 Å². The second-order valence-electron chi connectivity index (χ2n) is 7.63. The van der Waals surface area contributed by atoms with Gasteiger partial charge in [0, 0.05) is 41.5 Å². The molecular weight excluding hydrogens is 449 g/mol. The fourth-order valence-corrected chi connectivity index (χ4v) is 5.71. The highest BCUT2D eigenvalue weighted by atomic mass is 35.5. The number of benzene rings is 2. The molecule has 0 aliphatic carbocycles. The molecule has 2 saturated heterocycles. The Balaban J connectivity index is 1.46. The minimum atomic E-state index is -4.49. The van der Waals surface area contributed by atoms with Crippen molar-refractivity contribution in [3.63, 3.8) is 0 Å². The van der Waals surface area contributed by atoms with Gasteiger partial charge in [0.15, 0.2) is 0 Å². The number of piperidine rings is 1. The number of hydrogen-bond donors (Lipinski definition) is 0. The van der Waals surface area contributed by atoms with Crippen LogP contribution in [0, 0.1) is 0 Å². The average molecular weight is 469 g/mol. The van der Waals surface area contributed by atoms with Crippen LogP contribution in [0.15, 0.2) is 48.5 Å². The number of likely N-dealkylation sites (tertiary alicyclic amines) is 1. The maximum atomic E-state index is 13.1. The molecule has 2 amide bonds. The van der Waals surface area contributed by atoms with E-state index in [0.29, 0.717) is 43.1 Å². The van der Waals surface area contributed by atoms with Crippen LogP contribution < -0.4 is 0 Å². The van der Waals surface area contributed by atoms with Crippen LogP contribution in [0.4, 0.5) is 13.2 Å². The molecule has 1 spiro atoms. The summed E-state index contributed by atoms with van der Waals surface area (Å²) in [5, 5.41) is 0.559. The molecule has 31 heavy (non-hydrogen) atoms. The van der Waals surface area contributed by atoms with E-state index < -0.39 is 22.5 Å². The third kappa shape index (κ3) is 4.41. The minimum Gasteiger partial charge on any atom is -0.338 e.